The van der Waals surface area contributed by atoms with Gasteiger partial charge in [0.05, 0.1) is 16.7 Å². The quantitative estimate of drug-likeness (QED) is 0.502. The van der Waals surface area contributed by atoms with Crippen LogP contribution in [0, 0.1) is 10.1 Å². The predicted octanol–water partition coefficient (Wildman–Crippen LogP) is 1.65. The van der Waals surface area contributed by atoms with Crippen molar-refractivity contribution in [2.24, 2.45) is 0 Å². The predicted molar refractivity (Wildman–Crippen MR) is 68.7 cm³/mol. The van der Waals surface area contributed by atoms with E-state index in [0.717, 1.165) is 25.9 Å². The molecule has 1 aromatic rings. The molecule has 6 nitrogen and oxygen atoms in total. The van der Waals surface area contributed by atoms with Crippen LogP contribution in [0.4, 0.5) is 11.4 Å². The fourth-order valence-electron chi connectivity index (χ4n) is 2.02. The van der Waals surface area contributed by atoms with Crippen molar-refractivity contribution >= 4 is 11.4 Å². The van der Waals surface area contributed by atoms with Crippen LogP contribution < -0.4 is 10.5 Å². The monoisotopic (exact) mass is 251 g/mol. The lowest BCUT2D eigenvalue weighted by molar-refractivity contribution is -0.384. The van der Waals surface area contributed by atoms with E-state index in [9.17, 15) is 10.1 Å². The summed E-state index contributed by atoms with van der Waals surface area (Å²) in [7, 11) is 2.07. The molecule has 0 amide bonds. The lowest BCUT2D eigenvalue weighted by Crippen LogP contribution is -2.35. The third kappa shape index (κ3) is 2.89. The van der Waals surface area contributed by atoms with Crippen molar-refractivity contribution < 1.29 is 9.66 Å². The number of non-ortho nitro benzene ring substituents is 1. The van der Waals surface area contributed by atoms with Gasteiger partial charge in [-0.05, 0) is 26.0 Å². The van der Waals surface area contributed by atoms with Crippen LogP contribution in [0.2, 0.25) is 0 Å². The first-order valence-electron chi connectivity index (χ1n) is 5.95. The highest BCUT2D eigenvalue weighted by Crippen LogP contribution is 2.29. The average Bonchev–Trinajstić information content (AvgIpc) is 2.34. The van der Waals surface area contributed by atoms with E-state index >= 15 is 0 Å². The van der Waals surface area contributed by atoms with E-state index in [0.29, 0.717) is 11.4 Å². The number of nitrogens with zero attached hydrogens (tertiary/aromatic N) is 2. The molecule has 0 saturated carbocycles. The fraction of sp³-hybridized carbons (Fsp3) is 0.500. The van der Waals surface area contributed by atoms with Crippen LogP contribution in [0.15, 0.2) is 18.2 Å². The largest absolute Gasteiger partial charge is 0.488 e. The third-order valence-electron chi connectivity index (χ3n) is 3.17. The van der Waals surface area contributed by atoms with Crippen LogP contribution in [-0.2, 0) is 0 Å². The Labute approximate surface area is 105 Å². The second-order valence-electron chi connectivity index (χ2n) is 4.60. The zero-order valence-electron chi connectivity index (χ0n) is 10.3. The summed E-state index contributed by atoms with van der Waals surface area (Å²) in [6, 6.07) is 4.30. The van der Waals surface area contributed by atoms with E-state index in [1.54, 1.807) is 0 Å². The Morgan fingerprint density at radius 1 is 1.44 bits per heavy atom. The number of anilines is 1. The molecule has 2 N–H and O–H groups in total. The number of hydrogen-bond donors (Lipinski definition) is 1. The molecule has 2 rings (SSSR count). The molecule has 0 bridgehead atoms. The van der Waals surface area contributed by atoms with Gasteiger partial charge in [0.25, 0.3) is 5.69 Å². The molecule has 0 atom stereocenters. The Bertz CT molecular complexity index is 442. The van der Waals surface area contributed by atoms with Crippen molar-refractivity contribution in [3.05, 3.63) is 28.3 Å². The number of nitrogens with two attached hydrogens (primary N) is 1. The maximum Gasteiger partial charge on any atom is 0.273 e. The summed E-state index contributed by atoms with van der Waals surface area (Å²) < 4.78 is 5.77. The van der Waals surface area contributed by atoms with E-state index in [1.807, 2.05) is 0 Å². The van der Waals surface area contributed by atoms with Gasteiger partial charge >= 0.3 is 0 Å². The Morgan fingerprint density at radius 3 is 2.72 bits per heavy atom. The van der Waals surface area contributed by atoms with Crippen LogP contribution >= 0.6 is 0 Å². The van der Waals surface area contributed by atoms with Gasteiger partial charge in [-0.25, -0.2) is 0 Å². The second-order valence-corrected chi connectivity index (χ2v) is 4.60. The smallest absolute Gasteiger partial charge is 0.273 e. The minimum atomic E-state index is -0.444. The summed E-state index contributed by atoms with van der Waals surface area (Å²) >= 11 is 0. The molecule has 1 fully saturated rings. The summed E-state index contributed by atoms with van der Waals surface area (Å²) in [5.41, 5.74) is 6.23. The van der Waals surface area contributed by atoms with Crippen LogP contribution in [-0.4, -0.2) is 36.1 Å². The first-order valence-corrected chi connectivity index (χ1v) is 5.95. The van der Waals surface area contributed by atoms with Gasteiger partial charge in [0.1, 0.15) is 11.9 Å². The molecule has 1 saturated heterocycles. The Hall–Kier alpha value is -1.82. The number of benzene rings is 1. The van der Waals surface area contributed by atoms with Crippen molar-refractivity contribution in [1.82, 2.24) is 4.90 Å². The van der Waals surface area contributed by atoms with Gasteiger partial charge in [-0.1, -0.05) is 0 Å². The topological polar surface area (TPSA) is 81.6 Å². The Morgan fingerprint density at radius 2 is 2.11 bits per heavy atom. The molecule has 0 aromatic heterocycles. The number of ether oxygens (including phenoxy) is 1. The number of nitrogen functional groups attached to an aromatic ring is 1. The summed E-state index contributed by atoms with van der Waals surface area (Å²) in [6.07, 6.45) is 1.92. The van der Waals surface area contributed by atoms with E-state index < -0.39 is 4.92 Å². The van der Waals surface area contributed by atoms with Crippen molar-refractivity contribution in [2.75, 3.05) is 25.9 Å². The third-order valence-corrected chi connectivity index (χ3v) is 3.17. The lowest BCUT2D eigenvalue weighted by atomic mass is 10.1. The van der Waals surface area contributed by atoms with E-state index in [-0.39, 0.29) is 11.8 Å². The number of piperidine rings is 1. The Kier molecular flexibility index (Phi) is 3.66. The number of rotatable bonds is 3. The standard InChI is InChI=1S/C12H17N3O3/c1-14-6-4-10(5-7-14)18-12-8-9(15(16)17)2-3-11(12)13/h2-3,8,10H,4-7,13H2,1H3. The number of likely N-dealkylation sites (tertiary alicyclic amines) is 1. The van der Waals surface area contributed by atoms with Crippen molar-refractivity contribution in [3.63, 3.8) is 0 Å². The van der Waals surface area contributed by atoms with Crippen LogP contribution in [0.3, 0.4) is 0 Å². The highest BCUT2D eigenvalue weighted by Gasteiger charge is 2.20. The SMILES string of the molecule is CN1CCC(Oc2cc([N+](=O)[O-])ccc2N)CC1. The van der Waals surface area contributed by atoms with Gasteiger partial charge in [-0.3, -0.25) is 10.1 Å². The van der Waals surface area contributed by atoms with Crippen LogP contribution in [0.25, 0.3) is 0 Å². The van der Waals surface area contributed by atoms with Crippen molar-refractivity contribution in [2.45, 2.75) is 18.9 Å². The van der Waals surface area contributed by atoms with Gasteiger partial charge < -0.3 is 15.4 Å². The molecule has 98 valence electrons. The van der Waals surface area contributed by atoms with Crippen LogP contribution in [0.5, 0.6) is 5.75 Å². The number of nitro groups is 1. The van der Waals surface area contributed by atoms with E-state index in [1.165, 1.54) is 18.2 Å². The molecule has 6 heteroatoms. The maximum atomic E-state index is 10.7. The molecule has 18 heavy (non-hydrogen) atoms. The molecule has 0 aliphatic carbocycles. The number of hydrogen-bond acceptors (Lipinski definition) is 5. The van der Waals surface area contributed by atoms with Gasteiger partial charge in [-0.2, -0.15) is 0 Å². The highest BCUT2D eigenvalue weighted by atomic mass is 16.6. The van der Waals surface area contributed by atoms with Crippen LogP contribution in [0.1, 0.15) is 12.8 Å². The zero-order chi connectivity index (χ0) is 13.1. The molecular weight excluding hydrogens is 234 g/mol. The molecule has 0 spiro atoms. The summed E-state index contributed by atoms with van der Waals surface area (Å²) in [6.45, 7) is 1.94. The second kappa shape index (κ2) is 5.22. The summed E-state index contributed by atoms with van der Waals surface area (Å²) in [5, 5.41) is 10.7. The van der Waals surface area contributed by atoms with Gasteiger partial charge in [0.15, 0.2) is 0 Å². The first kappa shape index (κ1) is 12.6. The fourth-order valence-corrected chi connectivity index (χ4v) is 2.02. The minimum Gasteiger partial charge on any atom is -0.488 e. The first-order chi connectivity index (χ1) is 8.56. The zero-order valence-corrected chi connectivity index (χ0v) is 10.3. The minimum absolute atomic E-state index is 0.00660. The van der Waals surface area contributed by atoms with E-state index in [4.69, 9.17) is 10.5 Å². The summed E-state index contributed by atoms with van der Waals surface area (Å²) in [5.74, 6) is 0.416. The van der Waals surface area contributed by atoms with Gasteiger partial charge in [0.2, 0.25) is 0 Å². The molecule has 1 aliphatic rings. The lowest BCUT2D eigenvalue weighted by Gasteiger charge is -2.29. The molecule has 1 aliphatic heterocycles. The van der Waals surface area contributed by atoms with E-state index in [2.05, 4.69) is 11.9 Å². The normalized spacial score (nSPS) is 17.6. The molecule has 0 radical (unpaired) electrons. The molecule has 0 unspecified atom stereocenters. The Balaban J connectivity index is 2.08. The van der Waals surface area contributed by atoms with Crippen molar-refractivity contribution in [3.8, 4) is 5.75 Å². The average molecular weight is 251 g/mol. The molecule has 1 aromatic carbocycles. The van der Waals surface area contributed by atoms with Gasteiger partial charge in [-0.15, -0.1) is 0 Å². The highest BCUT2D eigenvalue weighted by molar-refractivity contribution is 5.57. The maximum absolute atomic E-state index is 10.7. The molecule has 1 heterocycles. The summed E-state index contributed by atoms with van der Waals surface area (Å²) in [4.78, 5) is 12.5. The molecular formula is C12H17N3O3. The van der Waals surface area contributed by atoms with Crippen molar-refractivity contribution in [1.29, 1.82) is 0 Å². The van der Waals surface area contributed by atoms with Gasteiger partial charge in [0, 0.05) is 19.2 Å². The number of nitro benzene ring substituents is 1.